The molecule has 1 aromatic carbocycles. The minimum absolute atomic E-state index is 0.489. The van der Waals surface area contributed by atoms with Gasteiger partial charge in [-0.25, -0.2) is 0 Å². The average molecular weight is 188 g/mol. The molecule has 2 N–H and O–H groups in total. The zero-order valence-corrected chi connectivity index (χ0v) is 7.68. The van der Waals surface area contributed by atoms with Crippen LogP contribution in [0.2, 0.25) is 5.02 Å². The van der Waals surface area contributed by atoms with Crippen LogP contribution in [0.25, 0.3) is 0 Å². The van der Waals surface area contributed by atoms with Crippen LogP contribution in [0.1, 0.15) is 0 Å². The number of hydrogen-bond acceptors (Lipinski definition) is 3. The van der Waals surface area contributed by atoms with E-state index in [-0.39, 0.29) is 0 Å². The van der Waals surface area contributed by atoms with Crippen molar-refractivity contribution in [1.29, 1.82) is 0 Å². The fraction of sp³-hybridized carbons (Fsp3) is 0.250. The Morgan fingerprint density at radius 3 is 2.25 bits per heavy atom. The summed E-state index contributed by atoms with van der Waals surface area (Å²) in [5.74, 6) is 1.11. The van der Waals surface area contributed by atoms with Gasteiger partial charge in [-0.1, -0.05) is 11.6 Å². The van der Waals surface area contributed by atoms with E-state index in [9.17, 15) is 0 Å². The van der Waals surface area contributed by atoms with Crippen LogP contribution < -0.4 is 15.2 Å². The number of rotatable bonds is 2. The van der Waals surface area contributed by atoms with E-state index >= 15 is 0 Å². The molecular weight excluding hydrogens is 178 g/mol. The zero-order chi connectivity index (χ0) is 9.14. The van der Waals surface area contributed by atoms with Crippen molar-refractivity contribution in [3.63, 3.8) is 0 Å². The molecule has 0 heterocycles. The molecule has 0 aliphatic heterocycles. The van der Waals surface area contributed by atoms with Gasteiger partial charge < -0.3 is 15.2 Å². The van der Waals surface area contributed by atoms with Gasteiger partial charge in [0.25, 0.3) is 0 Å². The number of nitrogens with two attached hydrogens (primary N) is 1. The van der Waals surface area contributed by atoms with E-state index in [1.54, 1.807) is 12.1 Å². The Kier molecular flexibility index (Phi) is 2.65. The highest BCUT2D eigenvalue weighted by molar-refractivity contribution is 6.32. The Labute approximate surface area is 76.0 Å². The van der Waals surface area contributed by atoms with Gasteiger partial charge in [0.2, 0.25) is 0 Å². The Morgan fingerprint density at radius 2 is 1.75 bits per heavy atom. The van der Waals surface area contributed by atoms with Crippen molar-refractivity contribution in [2.75, 3.05) is 20.0 Å². The first kappa shape index (κ1) is 9.00. The van der Waals surface area contributed by atoms with Crippen LogP contribution in [0, 0.1) is 0 Å². The second-order valence-corrected chi connectivity index (χ2v) is 2.64. The molecule has 0 saturated heterocycles. The van der Waals surface area contributed by atoms with Crippen LogP contribution in [0.4, 0.5) is 5.69 Å². The summed E-state index contributed by atoms with van der Waals surface area (Å²) in [6.07, 6.45) is 0. The Bertz CT molecular complexity index is 259. The molecule has 0 bridgehead atoms. The number of nitrogen functional groups attached to an aromatic ring is 1. The molecule has 0 fully saturated rings. The summed E-state index contributed by atoms with van der Waals surface area (Å²) in [4.78, 5) is 0. The SMILES string of the molecule is COc1cc(Cl)c(OC)cc1N. The standard InChI is InChI=1S/C8H10ClNO2/c1-11-7-4-6(10)8(12-2)3-5(7)9/h3-4H,10H2,1-2H3. The van der Waals surface area contributed by atoms with Crippen molar-refractivity contribution >= 4 is 17.3 Å². The fourth-order valence-electron chi connectivity index (χ4n) is 0.884. The van der Waals surface area contributed by atoms with Gasteiger partial charge in [0, 0.05) is 12.1 Å². The van der Waals surface area contributed by atoms with E-state index in [1.807, 2.05) is 0 Å². The first-order chi connectivity index (χ1) is 5.69. The lowest BCUT2D eigenvalue weighted by molar-refractivity contribution is 0.405. The number of benzene rings is 1. The van der Waals surface area contributed by atoms with E-state index in [2.05, 4.69) is 0 Å². The van der Waals surface area contributed by atoms with Crippen LogP contribution >= 0.6 is 11.6 Å². The van der Waals surface area contributed by atoms with Crippen LogP contribution in [0.15, 0.2) is 12.1 Å². The smallest absolute Gasteiger partial charge is 0.143 e. The zero-order valence-electron chi connectivity index (χ0n) is 6.93. The molecular formula is C8H10ClNO2. The second-order valence-electron chi connectivity index (χ2n) is 2.23. The summed E-state index contributed by atoms with van der Waals surface area (Å²) < 4.78 is 9.92. The quantitative estimate of drug-likeness (QED) is 0.720. The van der Waals surface area contributed by atoms with Gasteiger partial charge in [-0.3, -0.25) is 0 Å². The minimum Gasteiger partial charge on any atom is -0.495 e. The molecule has 0 aliphatic rings. The topological polar surface area (TPSA) is 44.5 Å². The van der Waals surface area contributed by atoms with Gasteiger partial charge in [0.05, 0.1) is 24.9 Å². The van der Waals surface area contributed by atoms with E-state index in [0.29, 0.717) is 22.2 Å². The highest BCUT2D eigenvalue weighted by atomic mass is 35.5. The minimum atomic E-state index is 0.489. The van der Waals surface area contributed by atoms with Gasteiger partial charge >= 0.3 is 0 Å². The van der Waals surface area contributed by atoms with Gasteiger partial charge in [-0.2, -0.15) is 0 Å². The molecule has 0 aromatic heterocycles. The van der Waals surface area contributed by atoms with Crippen LogP contribution in [-0.2, 0) is 0 Å². The van der Waals surface area contributed by atoms with Crippen molar-refractivity contribution in [3.8, 4) is 11.5 Å². The normalized spacial score (nSPS) is 9.58. The maximum absolute atomic E-state index is 5.82. The van der Waals surface area contributed by atoms with Crippen LogP contribution in [0.3, 0.4) is 0 Å². The molecule has 66 valence electrons. The third-order valence-electron chi connectivity index (χ3n) is 1.50. The van der Waals surface area contributed by atoms with Crippen LogP contribution in [-0.4, -0.2) is 14.2 Å². The van der Waals surface area contributed by atoms with Crippen molar-refractivity contribution < 1.29 is 9.47 Å². The molecule has 0 saturated carbocycles. The second kappa shape index (κ2) is 3.54. The summed E-state index contributed by atoms with van der Waals surface area (Å²) in [5.41, 5.74) is 6.13. The molecule has 0 amide bonds. The highest BCUT2D eigenvalue weighted by Crippen LogP contribution is 2.33. The molecule has 0 atom stereocenters. The van der Waals surface area contributed by atoms with Crippen molar-refractivity contribution in [1.82, 2.24) is 0 Å². The molecule has 0 unspecified atom stereocenters. The molecule has 0 spiro atoms. The number of methoxy groups -OCH3 is 2. The largest absolute Gasteiger partial charge is 0.495 e. The summed E-state index contributed by atoms with van der Waals surface area (Å²) in [6, 6.07) is 3.25. The predicted molar refractivity (Wildman–Crippen MR) is 49.0 cm³/mol. The average Bonchev–Trinajstić information content (AvgIpc) is 2.08. The number of hydrogen-bond donors (Lipinski definition) is 1. The number of anilines is 1. The third-order valence-corrected chi connectivity index (χ3v) is 1.80. The highest BCUT2D eigenvalue weighted by Gasteiger charge is 2.06. The number of halogens is 1. The Hall–Kier alpha value is -1.09. The van der Waals surface area contributed by atoms with E-state index in [0.717, 1.165) is 0 Å². The van der Waals surface area contributed by atoms with Gasteiger partial charge in [-0.15, -0.1) is 0 Å². The monoisotopic (exact) mass is 187 g/mol. The maximum Gasteiger partial charge on any atom is 0.143 e. The van der Waals surface area contributed by atoms with E-state index in [1.165, 1.54) is 14.2 Å². The first-order valence-electron chi connectivity index (χ1n) is 3.36. The molecule has 4 heteroatoms. The lowest BCUT2D eigenvalue weighted by atomic mass is 10.3. The van der Waals surface area contributed by atoms with Gasteiger partial charge in [0.1, 0.15) is 11.5 Å². The van der Waals surface area contributed by atoms with Gasteiger partial charge in [0.15, 0.2) is 0 Å². The Morgan fingerprint density at radius 1 is 1.17 bits per heavy atom. The third kappa shape index (κ3) is 1.56. The Balaban J connectivity index is 3.16. The van der Waals surface area contributed by atoms with Crippen molar-refractivity contribution in [2.45, 2.75) is 0 Å². The van der Waals surface area contributed by atoms with E-state index < -0.39 is 0 Å². The van der Waals surface area contributed by atoms with E-state index in [4.69, 9.17) is 26.8 Å². The lowest BCUT2D eigenvalue weighted by Crippen LogP contribution is -1.94. The van der Waals surface area contributed by atoms with Crippen LogP contribution in [0.5, 0.6) is 11.5 Å². The fourth-order valence-corrected chi connectivity index (χ4v) is 1.11. The molecule has 1 aromatic rings. The molecule has 1 rings (SSSR count). The lowest BCUT2D eigenvalue weighted by Gasteiger charge is -2.08. The number of ether oxygens (including phenoxy) is 2. The van der Waals surface area contributed by atoms with Crippen molar-refractivity contribution in [3.05, 3.63) is 17.2 Å². The van der Waals surface area contributed by atoms with Crippen molar-refractivity contribution in [2.24, 2.45) is 0 Å². The molecule has 0 radical (unpaired) electrons. The first-order valence-corrected chi connectivity index (χ1v) is 3.74. The molecule has 12 heavy (non-hydrogen) atoms. The summed E-state index contributed by atoms with van der Waals surface area (Å²) in [6.45, 7) is 0. The summed E-state index contributed by atoms with van der Waals surface area (Å²) in [7, 11) is 3.07. The maximum atomic E-state index is 5.82. The summed E-state index contributed by atoms with van der Waals surface area (Å²) in [5, 5.41) is 0.489. The predicted octanol–water partition coefficient (Wildman–Crippen LogP) is 1.94. The summed E-state index contributed by atoms with van der Waals surface area (Å²) >= 11 is 5.82. The molecule has 0 aliphatic carbocycles. The van der Waals surface area contributed by atoms with Gasteiger partial charge in [-0.05, 0) is 0 Å². The molecule has 3 nitrogen and oxygen atoms in total.